The van der Waals surface area contributed by atoms with Gasteiger partial charge in [0.05, 0.1) is 6.20 Å². The number of imidazole rings is 1. The standard InChI is InChI=1S/C9H7ClN2O/c10-8-1-3-9(4-2-8)13-12-6-5-11-7-12/h1-7H. The molecule has 0 aliphatic rings. The molecule has 0 saturated carbocycles. The molecule has 2 aromatic rings. The summed E-state index contributed by atoms with van der Waals surface area (Å²) in [5.41, 5.74) is 0. The van der Waals surface area contributed by atoms with Crippen LogP contribution in [0.3, 0.4) is 0 Å². The normalized spacial score (nSPS) is 9.92. The Bertz CT molecular complexity index is 369. The first-order valence-electron chi connectivity index (χ1n) is 3.76. The number of rotatable bonds is 2. The van der Waals surface area contributed by atoms with Crippen molar-refractivity contribution in [3.8, 4) is 5.75 Å². The van der Waals surface area contributed by atoms with Crippen LogP contribution in [0.5, 0.6) is 5.75 Å². The largest absolute Gasteiger partial charge is 0.374 e. The van der Waals surface area contributed by atoms with Gasteiger partial charge in [0.25, 0.3) is 0 Å². The summed E-state index contributed by atoms with van der Waals surface area (Å²) in [6.45, 7) is 0. The maximum Gasteiger partial charge on any atom is 0.155 e. The Morgan fingerprint density at radius 1 is 1.23 bits per heavy atom. The summed E-state index contributed by atoms with van der Waals surface area (Å²) in [4.78, 5) is 9.22. The van der Waals surface area contributed by atoms with Gasteiger partial charge in [-0.25, -0.2) is 4.98 Å². The Hall–Kier alpha value is -1.48. The van der Waals surface area contributed by atoms with Gasteiger partial charge in [0.2, 0.25) is 0 Å². The lowest BCUT2D eigenvalue weighted by Gasteiger charge is -2.03. The second kappa shape index (κ2) is 3.49. The summed E-state index contributed by atoms with van der Waals surface area (Å²) >= 11 is 5.72. The Balaban J connectivity index is 2.15. The van der Waals surface area contributed by atoms with Crippen LogP contribution in [0, 0.1) is 0 Å². The van der Waals surface area contributed by atoms with Crippen molar-refractivity contribution in [2.45, 2.75) is 0 Å². The van der Waals surface area contributed by atoms with E-state index in [0.717, 1.165) is 5.75 Å². The highest BCUT2D eigenvalue weighted by Gasteiger charge is 1.94. The molecular formula is C9H7ClN2O. The molecule has 0 saturated heterocycles. The van der Waals surface area contributed by atoms with Crippen molar-refractivity contribution in [3.63, 3.8) is 0 Å². The molecule has 0 fully saturated rings. The van der Waals surface area contributed by atoms with Crippen molar-refractivity contribution in [2.24, 2.45) is 0 Å². The zero-order chi connectivity index (χ0) is 9.10. The van der Waals surface area contributed by atoms with Gasteiger partial charge in [0, 0.05) is 11.2 Å². The molecule has 13 heavy (non-hydrogen) atoms. The number of aromatic nitrogens is 2. The molecule has 4 heteroatoms. The van der Waals surface area contributed by atoms with E-state index >= 15 is 0 Å². The molecule has 66 valence electrons. The molecule has 2 rings (SSSR count). The van der Waals surface area contributed by atoms with Gasteiger partial charge in [-0.2, -0.15) is 4.73 Å². The summed E-state index contributed by atoms with van der Waals surface area (Å²) in [5, 5.41) is 0.693. The molecule has 0 radical (unpaired) electrons. The lowest BCUT2D eigenvalue weighted by Crippen LogP contribution is -2.00. The molecule has 0 unspecified atom stereocenters. The third kappa shape index (κ3) is 2.00. The molecule has 1 aromatic heterocycles. The van der Waals surface area contributed by atoms with Crippen molar-refractivity contribution in [2.75, 3.05) is 0 Å². The van der Waals surface area contributed by atoms with Crippen LogP contribution in [-0.2, 0) is 0 Å². The SMILES string of the molecule is Clc1ccc(On2ccnc2)cc1. The van der Waals surface area contributed by atoms with Crippen LogP contribution in [0.15, 0.2) is 43.0 Å². The van der Waals surface area contributed by atoms with E-state index in [0.29, 0.717) is 5.02 Å². The molecule has 1 aromatic carbocycles. The lowest BCUT2D eigenvalue weighted by molar-refractivity contribution is 0.215. The second-order valence-electron chi connectivity index (χ2n) is 2.47. The Morgan fingerprint density at radius 3 is 2.62 bits per heavy atom. The number of benzene rings is 1. The van der Waals surface area contributed by atoms with Crippen LogP contribution in [-0.4, -0.2) is 9.71 Å². The zero-order valence-electron chi connectivity index (χ0n) is 6.72. The van der Waals surface area contributed by atoms with Gasteiger partial charge in [-0.3, -0.25) is 0 Å². The minimum atomic E-state index is 0.693. The first kappa shape index (κ1) is 8.13. The summed E-state index contributed by atoms with van der Waals surface area (Å²) in [6.07, 6.45) is 4.94. The molecule has 3 nitrogen and oxygen atoms in total. The lowest BCUT2D eigenvalue weighted by atomic mass is 10.3. The van der Waals surface area contributed by atoms with E-state index in [1.165, 1.54) is 4.73 Å². The van der Waals surface area contributed by atoms with Crippen molar-refractivity contribution < 1.29 is 4.84 Å². The minimum absolute atomic E-state index is 0.693. The van der Waals surface area contributed by atoms with Crippen LogP contribution in [0.1, 0.15) is 0 Å². The van der Waals surface area contributed by atoms with Crippen molar-refractivity contribution in [1.29, 1.82) is 0 Å². The number of hydrogen-bond acceptors (Lipinski definition) is 2. The van der Waals surface area contributed by atoms with Gasteiger partial charge < -0.3 is 4.84 Å². The topological polar surface area (TPSA) is 27.1 Å². The van der Waals surface area contributed by atoms with E-state index in [2.05, 4.69) is 4.98 Å². The number of halogens is 1. The molecule has 0 aliphatic carbocycles. The zero-order valence-corrected chi connectivity index (χ0v) is 7.48. The van der Waals surface area contributed by atoms with E-state index in [-0.39, 0.29) is 0 Å². The molecule has 0 N–H and O–H groups in total. The van der Waals surface area contributed by atoms with Gasteiger partial charge in [0.15, 0.2) is 5.75 Å². The fourth-order valence-corrected chi connectivity index (χ4v) is 1.04. The van der Waals surface area contributed by atoms with Crippen LogP contribution in [0.25, 0.3) is 0 Å². The maximum absolute atomic E-state index is 5.72. The van der Waals surface area contributed by atoms with Gasteiger partial charge in [-0.05, 0) is 24.3 Å². The van der Waals surface area contributed by atoms with Crippen LogP contribution >= 0.6 is 11.6 Å². The van der Waals surface area contributed by atoms with Crippen molar-refractivity contribution in [3.05, 3.63) is 48.0 Å². The average Bonchev–Trinajstić information content (AvgIpc) is 2.62. The Kier molecular flexibility index (Phi) is 2.19. The molecule has 0 bridgehead atoms. The van der Waals surface area contributed by atoms with E-state index < -0.39 is 0 Å². The summed E-state index contributed by atoms with van der Waals surface area (Å²) in [5.74, 6) is 0.724. The quantitative estimate of drug-likeness (QED) is 0.734. The number of nitrogens with zero attached hydrogens (tertiary/aromatic N) is 2. The predicted octanol–water partition coefficient (Wildman–Crippen LogP) is 2.38. The Labute approximate surface area is 80.5 Å². The van der Waals surface area contributed by atoms with Gasteiger partial charge in [0.1, 0.15) is 6.33 Å². The highest BCUT2D eigenvalue weighted by molar-refractivity contribution is 6.30. The van der Waals surface area contributed by atoms with E-state index in [9.17, 15) is 0 Å². The van der Waals surface area contributed by atoms with Crippen molar-refractivity contribution >= 4 is 11.6 Å². The van der Waals surface area contributed by atoms with E-state index in [1.54, 1.807) is 43.0 Å². The smallest absolute Gasteiger partial charge is 0.155 e. The van der Waals surface area contributed by atoms with Crippen molar-refractivity contribution in [1.82, 2.24) is 9.71 Å². The van der Waals surface area contributed by atoms with E-state index in [1.807, 2.05) is 0 Å². The summed E-state index contributed by atoms with van der Waals surface area (Å²) in [6, 6.07) is 7.13. The molecule has 1 heterocycles. The fourth-order valence-electron chi connectivity index (χ4n) is 0.918. The monoisotopic (exact) mass is 194 g/mol. The molecule has 0 amide bonds. The van der Waals surface area contributed by atoms with Crippen LogP contribution < -0.4 is 4.84 Å². The maximum atomic E-state index is 5.72. The number of hydrogen-bond donors (Lipinski definition) is 0. The predicted molar refractivity (Wildman–Crippen MR) is 49.7 cm³/mol. The first-order chi connectivity index (χ1) is 6.34. The summed E-state index contributed by atoms with van der Waals surface area (Å²) < 4.78 is 1.52. The molecule has 0 atom stereocenters. The van der Waals surface area contributed by atoms with Gasteiger partial charge in [-0.1, -0.05) is 11.6 Å². The van der Waals surface area contributed by atoms with Gasteiger partial charge in [-0.15, -0.1) is 0 Å². The van der Waals surface area contributed by atoms with Crippen LogP contribution in [0.4, 0.5) is 0 Å². The third-order valence-electron chi connectivity index (χ3n) is 1.50. The van der Waals surface area contributed by atoms with E-state index in [4.69, 9.17) is 16.4 Å². The van der Waals surface area contributed by atoms with Crippen LogP contribution in [0.2, 0.25) is 5.02 Å². The molecule has 0 aliphatic heterocycles. The minimum Gasteiger partial charge on any atom is -0.374 e. The fraction of sp³-hybridized carbons (Fsp3) is 0. The van der Waals surface area contributed by atoms with Gasteiger partial charge >= 0.3 is 0 Å². The average molecular weight is 195 g/mol. The second-order valence-corrected chi connectivity index (χ2v) is 2.90. The first-order valence-corrected chi connectivity index (χ1v) is 4.14. The third-order valence-corrected chi connectivity index (χ3v) is 1.76. The Morgan fingerprint density at radius 2 is 2.00 bits per heavy atom. The highest BCUT2D eigenvalue weighted by Crippen LogP contribution is 2.15. The molecule has 0 spiro atoms. The highest BCUT2D eigenvalue weighted by atomic mass is 35.5. The summed E-state index contributed by atoms with van der Waals surface area (Å²) in [7, 11) is 0. The molecular weight excluding hydrogens is 188 g/mol.